The first-order valence-corrected chi connectivity index (χ1v) is 9.50. The van der Waals surface area contributed by atoms with Gasteiger partial charge >= 0.3 is 0 Å². The van der Waals surface area contributed by atoms with Gasteiger partial charge in [-0.15, -0.1) is 0 Å². The summed E-state index contributed by atoms with van der Waals surface area (Å²) in [4.78, 5) is 19.3. The number of carbonyl (C=O) groups is 1. The topological polar surface area (TPSA) is 70.4 Å². The summed E-state index contributed by atoms with van der Waals surface area (Å²) in [7, 11) is 0. The standard InChI is InChI=1S/C20H26N4O2/c25-17-8-10-23(14-17)13-16-6-2-1-5-15(16)11-22-20(26)18-12-21-19-7-3-4-9-24(18)19/h1-2,5-6,12,17,25H,3-4,7-11,13-14H2,(H,22,26). The van der Waals surface area contributed by atoms with E-state index in [1.807, 2.05) is 12.1 Å². The maximum atomic E-state index is 12.6. The van der Waals surface area contributed by atoms with Crippen molar-refractivity contribution in [2.24, 2.45) is 0 Å². The van der Waals surface area contributed by atoms with Gasteiger partial charge in [-0.2, -0.15) is 0 Å². The predicted octanol–water partition coefficient (Wildman–Crippen LogP) is 1.72. The number of hydrogen-bond donors (Lipinski definition) is 2. The monoisotopic (exact) mass is 354 g/mol. The van der Waals surface area contributed by atoms with Gasteiger partial charge in [0.15, 0.2) is 0 Å². The van der Waals surface area contributed by atoms with Crippen molar-refractivity contribution in [3.8, 4) is 0 Å². The summed E-state index contributed by atoms with van der Waals surface area (Å²) in [5, 5.41) is 12.8. The lowest BCUT2D eigenvalue weighted by Gasteiger charge is -2.18. The van der Waals surface area contributed by atoms with Gasteiger partial charge < -0.3 is 15.0 Å². The number of hydrogen-bond acceptors (Lipinski definition) is 4. The summed E-state index contributed by atoms with van der Waals surface area (Å²) >= 11 is 0. The van der Waals surface area contributed by atoms with Crippen LogP contribution in [0.3, 0.4) is 0 Å². The molecule has 1 fully saturated rings. The van der Waals surface area contributed by atoms with Crippen LogP contribution in [0.4, 0.5) is 0 Å². The third-order valence-corrected chi connectivity index (χ3v) is 5.40. The first kappa shape index (κ1) is 17.2. The second-order valence-electron chi connectivity index (χ2n) is 7.30. The molecule has 0 spiro atoms. The Labute approximate surface area is 153 Å². The third kappa shape index (κ3) is 3.66. The lowest BCUT2D eigenvalue weighted by Crippen LogP contribution is -2.28. The van der Waals surface area contributed by atoms with Gasteiger partial charge in [0.2, 0.25) is 0 Å². The van der Waals surface area contributed by atoms with Crippen LogP contribution in [0.25, 0.3) is 0 Å². The highest BCUT2D eigenvalue weighted by Crippen LogP contribution is 2.18. The molecule has 26 heavy (non-hydrogen) atoms. The number of benzene rings is 1. The van der Waals surface area contributed by atoms with Gasteiger partial charge in [-0.25, -0.2) is 4.98 Å². The Morgan fingerprint density at radius 3 is 2.88 bits per heavy atom. The van der Waals surface area contributed by atoms with Crippen LogP contribution in [0, 0.1) is 0 Å². The minimum atomic E-state index is -0.213. The molecule has 4 rings (SSSR count). The molecule has 2 N–H and O–H groups in total. The molecule has 0 radical (unpaired) electrons. The number of amides is 1. The number of aromatic nitrogens is 2. The Kier molecular flexibility index (Phi) is 5.04. The number of nitrogens with one attached hydrogen (secondary N) is 1. The van der Waals surface area contributed by atoms with E-state index in [1.165, 1.54) is 5.56 Å². The van der Waals surface area contributed by atoms with Crippen molar-refractivity contribution in [1.82, 2.24) is 19.8 Å². The van der Waals surface area contributed by atoms with Crippen molar-refractivity contribution >= 4 is 5.91 Å². The zero-order valence-electron chi connectivity index (χ0n) is 15.0. The first-order valence-electron chi connectivity index (χ1n) is 9.50. The molecule has 2 aliphatic rings. The molecular formula is C20H26N4O2. The molecule has 3 heterocycles. The van der Waals surface area contributed by atoms with Gasteiger partial charge in [0.25, 0.3) is 5.91 Å². The zero-order chi connectivity index (χ0) is 17.9. The normalized spacial score (nSPS) is 20.1. The molecule has 1 saturated heterocycles. The van der Waals surface area contributed by atoms with E-state index in [2.05, 4.69) is 31.9 Å². The van der Waals surface area contributed by atoms with Gasteiger partial charge in [0.05, 0.1) is 12.3 Å². The Morgan fingerprint density at radius 2 is 2.08 bits per heavy atom. The third-order valence-electron chi connectivity index (χ3n) is 5.40. The molecule has 1 aromatic heterocycles. The predicted molar refractivity (Wildman–Crippen MR) is 98.7 cm³/mol. The number of nitrogens with zero attached hydrogens (tertiary/aromatic N) is 3. The van der Waals surface area contributed by atoms with Gasteiger partial charge in [-0.1, -0.05) is 24.3 Å². The summed E-state index contributed by atoms with van der Waals surface area (Å²) in [5.41, 5.74) is 3.00. The van der Waals surface area contributed by atoms with Crippen molar-refractivity contribution in [2.75, 3.05) is 13.1 Å². The Bertz CT molecular complexity index is 786. The quantitative estimate of drug-likeness (QED) is 0.858. The number of aliphatic hydroxyl groups is 1. The van der Waals surface area contributed by atoms with Crippen molar-refractivity contribution in [3.05, 3.63) is 53.1 Å². The summed E-state index contributed by atoms with van der Waals surface area (Å²) in [6.07, 6.45) is 5.54. The molecule has 6 nitrogen and oxygen atoms in total. The number of carbonyl (C=O) groups excluding carboxylic acids is 1. The second-order valence-corrected chi connectivity index (χ2v) is 7.30. The number of aliphatic hydroxyl groups excluding tert-OH is 1. The molecule has 0 saturated carbocycles. The van der Waals surface area contributed by atoms with Crippen molar-refractivity contribution < 1.29 is 9.90 Å². The largest absolute Gasteiger partial charge is 0.392 e. The van der Waals surface area contributed by atoms with E-state index < -0.39 is 0 Å². The van der Waals surface area contributed by atoms with Crippen molar-refractivity contribution in [3.63, 3.8) is 0 Å². The highest BCUT2D eigenvalue weighted by Gasteiger charge is 2.21. The van der Waals surface area contributed by atoms with Crippen LogP contribution in [0.2, 0.25) is 0 Å². The van der Waals surface area contributed by atoms with E-state index in [-0.39, 0.29) is 12.0 Å². The average molecular weight is 354 g/mol. The SMILES string of the molecule is O=C(NCc1ccccc1CN1CCC(O)C1)c1cnc2n1CCCC2. The van der Waals surface area contributed by atoms with Crippen LogP contribution >= 0.6 is 0 Å². The number of β-amino-alcohol motifs (C(OH)–C–C–N with tert-alkyl or cyclic N) is 1. The van der Waals surface area contributed by atoms with E-state index in [4.69, 9.17) is 0 Å². The maximum Gasteiger partial charge on any atom is 0.269 e. The number of fused-ring (bicyclic) bond motifs is 1. The fraction of sp³-hybridized carbons (Fsp3) is 0.500. The average Bonchev–Trinajstić information content (AvgIpc) is 3.27. The Morgan fingerprint density at radius 1 is 1.23 bits per heavy atom. The zero-order valence-corrected chi connectivity index (χ0v) is 15.0. The fourth-order valence-electron chi connectivity index (χ4n) is 3.94. The minimum Gasteiger partial charge on any atom is -0.392 e. The molecule has 2 aliphatic heterocycles. The summed E-state index contributed by atoms with van der Waals surface area (Å²) in [5.74, 6) is 0.964. The van der Waals surface area contributed by atoms with E-state index in [0.717, 1.165) is 63.3 Å². The van der Waals surface area contributed by atoms with Crippen LogP contribution in [0.5, 0.6) is 0 Å². The highest BCUT2D eigenvalue weighted by molar-refractivity contribution is 5.92. The Balaban J connectivity index is 1.41. The molecule has 1 aromatic carbocycles. The fourth-order valence-corrected chi connectivity index (χ4v) is 3.94. The lowest BCUT2D eigenvalue weighted by atomic mass is 10.1. The molecule has 1 atom stereocenters. The number of aryl methyl sites for hydroxylation is 1. The molecule has 1 amide bonds. The number of rotatable bonds is 5. The minimum absolute atomic E-state index is 0.0583. The second kappa shape index (κ2) is 7.60. The summed E-state index contributed by atoms with van der Waals surface area (Å²) in [6, 6.07) is 8.20. The molecule has 1 unspecified atom stereocenters. The number of likely N-dealkylation sites (tertiary alicyclic amines) is 1. The smallest absolute Gasteiger partial charge is 0.269 e. The van der Waals surface area contributed by atoms with E-state index in [1.54, 1.807) is 6.20 Å². The highest BCUT2D eigenvalue weighted by atomic mass is 16.3. The van der Waals surface area contributed by atoms with Crippen LogP contribution in [-0.2, 0) is 26.1 Å². The number of imidazole rings is 1. The van der Waals surface area contributed by atoms with E-state index in [0.29, 0.717) is 12.2 Å². The molecule has 2 aromatic rings. The molecule has 138 valence electrons. The maximum absolute atomic E-state index is 12.6. The molecule has 6 heteroatoms. The van der Waals surface area contributed by atoms with Gasteiger partial charge in [0.1, 0.15) is 11.5 Å². The first-order chi connectivity index (χ1) is 12.7. The van der Waals surface area contributed by atoms with Crippen LogP contribution < -0.4 is 5.32 Å². The van der Waals surface area contributed by atoms with Gasteiger partial charge in [0, 0.05) is 39.1 Å². The van der Waals surface area contributed by atoms with Crippen LogP contribution in [0.1, 0.15) is 46.7 Å². The summed E-state index contributed by atoms with van der Waals surface area (Å²) < 4.78 is 2.05. The van der Waals surface area contributed by atoms with E-state index in [9.17, 15) is 9.90 Å². The van der Waals surface area contributed by atoms with Crippen molar-refractivity contribution in [1.29, 1.82) is 0 Å². The molecular weight excluding hydrogens is 328 g/mol. The molecule has 0 aliphatic carbocycles. The van der Waals surface area contributed by atoms with Gasteiger partial charge in [-0.05, 0) is 30.4 Å². The van der Waals surface area contributed by atoms with Crippen LogP contribution in [-0.4, -0.2) is 44.7 Å². The summed E-state index contributed by atoms with van der Waals surface area (Å²) in [6.45, 7) is 3.84. The Hall–Kier alpha value is -2.18. The van der Waals surface area contributed by atoms with Gasteiger partial charge in [-0.3, -0.25) is 9.69 Å². The molecule has 0 bridgehead atoms. The van der Waals surface area contributed by atoms with Crippen molar-refractivity contribution in [2.45, 2.75) is 51.4 Å². The lowest BCUT2D eigenvalue weighted by molar-refractivity contribution is 0.0940. The van der Waals surface area contributed by atoms with E-state index >= 15 is 0 Å². The van der Waals surface area contributed by atoms with Crippen LogP contribution in [0.15, 0.2) is 30.5 Å².